The molecule has 2 aliphatic rings. The number of morpholine rings is 1. The molecule has 1 fully saturated rings. The monoisotopic (exact) mass is 383 g/mol. The fourth-order valence-corrected chi connectivity index (χ4v) is 5.07. The third-order valence-electron chi connectivity index (χ3n) is 6.50. The number of nitrogens with zero attached hydrogens (tertiary/aromatic N) is 1. The quantitative estimate of drug-likeness (QED) is 0.613. The van der Waals surface area contributed by atoms with E-state index in [0.717, 1.165) is 45.5 Å². The van der Waals surface area contributed by atoms with Crippen LogP contribution >= 0.6 is 0 Å². The first-order chi connectivity index (χ1) is 14.4. The zero-order valence-corrected chi connectivity index (χ0v) is 17.0. The van der Waals surface area contributed by atoms with Crippen molar-refractivity contribution in [1.29, 1.82) is 0 Å². The number of fused-ring (bicyclic) bond motifs is 2. The van der Waals surface area contributed by atoms with E-state index in [-0.39, 0.29) is 6.10 Å². The zero-order valence-electron chi connectivity index (χ0n) is 17.0. The van der Waals surface area contributed by atoms with Crippen LogP contribution in [0.1, 0.15) is 40.2 Å². The molecule has 0 saturated carbocycles. The van der Waals surface area contributed by atoms with E-state index in [9.17, 15) is 0 Å². The second kappa shape index (κ2) is 8.52. The molecule has 3 aromatic carbocycles. The predicted molar refractivity (Wildman–Crippen MR) is 118 cm³/mol. The average molecular weight is 384 g/mol. The third kappa shape index (κ3) is 4.14. The predicted octanol–water partition coefficient (Wildman–Crippen LogP) is 5.21. The highest BCUT2D eigenvalue weighted by Crippen LogP contribution is 2.38. The van der Waals surface area contributed by atoms with Gasteiger partial charge in [0.05, 0.1) is 12.7 Å². The molecule has 148 valence electrons. The topological polar surface area (TPSA) is 12.5 Å². The highest BCUT2D eigenvalue weighted by molar-refractivity contribution is 5.45. The summed E-state index contributed by atoms with van der Waals surface area (Å²) in [6.45, 7) is 3.87. The molecule has 5 rings (SSSR count). The van der Waals surface area contributed by atoms with Crippen molar-refractivity contribution in [3.05, 3.63) is 107 Å². The minimum absolute atomic E-state index is 0.275. The largest absolute Gasteiger partial charge is 0.376 e. The molecule has 0 radical (unpaired) electrons. The lowest BCUT2D eigenvalue weighted by atomic mass is 9.84. The Morgan fingerprint density at radius 1 is 0.759 bits per heavy atom. The number of benzene rings is 3. The Labute approximate surface area is 174 Å². The van der Waals surface area contributed by atoms with E-state index in [1.807, 2.05) is 0 Å². The summed E-state index contributed by atoms with van der Waals surface area (Å²) in [5.41, 5.74) is 7.40. The normalized spacial score (nSPS) is 19.9. The lowest BCUT2D eigenvalue weighted by molar-refractivity contribution is -0.0364. The fourth-order valence-electron chi connectivity index (χ4n) is 5.07. The molecule has 0 amide bonds. The van der Waals surface area contributed by atoms with Gasteiger partial charge in [-0.05, 0) is 47.1 Å². The molecule has 2 nitrogen and oxygen atoms in total. The van der Waals surface area contributed by atoms with Gasteiger partial charge in [-0.3, -0.25) is 4.90 Å². The zero-order chi connectivity index (χ0) is 19.5. The second-order valence-corrected chi connectivity index (χ2v) is 8.40. The lowest BCUT2D eigenvalue weighted by Gasteiger charge is -2.35. The van der Waals surface area contributed by atoms with Crippen LogP contribution in [0.15, 0.2) is 78.9 Å². The maximum atomic E-state index is 6.28. The van der Waals surface area contributed by atoms with Crippen LogP contribution in [0.25, 0.3) is 0 Å². The van der Waals surface area contributed by atoms with E-state index in [4.69, 9.17) is 4.74 Å². The Morgan fingerprint density at radius 2 is 1.38 bits per heavy atom. The Hall–Kier alpha value is -2.42. The highest BCUT2D eigenvalue weighted by atomic mass is 16.5. The summed E-state index contributed by atoms with van der Waals surface area (Å²) in [6.07, 6.45) is 3.60. The highest BCUT2D eigenvalue weighted by Gasteiger charge is 2.29. The molecule has 0 bridgehead atoms. The molecular formula is C27H29NO. The molecule has 1 unspecified atom stereocenters. The number of ether oxygens (including phenoxy) is 1. The van der Waals surface area contributed by atoms with Gasteiger partial charge in [-0.25, -0.2) is 0 Å². The van der Waals surface area contributed by atoms with Crippen LogP contribution < -0.4 is 0 Å². The van der Waals surface area contributed by atoms with E-state index >= 15 is 0 Å². The molecule has 29 heavy (non-hydrogen) atoms. The van der Waals surface area contributed by atoms with Gasteiger partial charge in [0.2, 0.25) is 0 Å². The van der Waals surface area contributed by atoms with Gasteiger partial charge < -0.3 is 4.74 Å². The molecule has 1 aliphatic heterocycles. The van der Waals surface area contributed by atoms with Crippen LogP contribution in [-0.4, -0.2) is 30.7 Å². The maximum absolute atomic E-state index is 6.28. The van der Waals surface area contributed by atoms with Gasteiger partial charge in [-0.2, -0.15) is 0 Å². The lowest BCUT2D eigenvalue weighted by Crippen LogP contribution is -2.42. The van der Waals surface area contributed by atoms with Crippen molar-refractivity contribution in [2.24, 2.45) is 0 Å². The van der Waals surface area contributed by atoms with Gasteiger partial charge in [0, 0.05) is 25.6 Å². The molecule has 1 saturated heterocycles. The summed E-state index contributed by atoms with van der Waals surface area (Å²) in [6, 6.07) is 28.9. The van der Waals surface area contributed by atoms with Gasteiger partial charge in [0.15, 0.2) is 0 Å². The van der Waals surface area contributed by atoms with Gasteiger partial charge in [0.1, 0.15) is 0 Å². The first kappa shape index (κ1) is 18.6. The van der Waals surface area contributed by atoms with Gasteiger partial charge in [-0.15, -0.1) is 0 Å². The van der Waals surface area contributed by atoms with Crippen LogP contribution in [0.4, 0.5) is 0 Å². The van der Waals surface area contributed by atoms with Crippen molar-refractivity contribution in [1.82, 2.24) is 4.90 Å². The van der Waals surface area contributed by atoms with Gasteiger partial charge in [0.25, 0.3) is 0 Å². The summed E-state index contributed by atoms with van der Waals surface area (Å²) in [5.74, 6) is 0.423. The number of rotatable bonds is 4. The first-order valence-corrected chi connectivity index (χ1v) is 10.9. The minimum Gasteiger partial charge on any atom is -0.376 e. The SMILES string of the molecule is c1ccc(CN2CCOC(CC3c4ccccc4CCc4ccccc43)C2)cc1. The summed E-state index contributed by atoms with van der Waals surface area (Å²) >= 11 is 0. The van der Waals surface area contributed by atoms with Crippen LogP contribution in [-0.2, 0) is 24.1 Å². The van der Waals surface area contributed by atoms with Gasteiger partial charge >= 0.3 is 0 Å². The molecular weight excluding hydrogens is 354 g/mol. The maximum Gasteiger partial charge on any atom is 0.0711 e. The molecule has 3 aromatic rings. The molecule has 1 heterocycles. The first-order valence-electron chi connectivity index (χ1n) is 10.9. The van der Waals surface area contributed by atoms with Crippen LogP contribution in [0, 0.1) is 0 Å². The summed E-state index contributed by atoms with van der Waals surface area (Å²) in [7, 11) is 0. The fraction of sp³-hybridized carbons (Fsp3) is 0.333. The molecule has 0 N–H and O–H groups in total. The second-order valence-electron chi connectivity index (χ2n) is 8.40. The van der Waals surface area contributed by atoms with Crippen molar-refractivity contribution in [3.63, 3.8) is 0 Å². The summed E-state index contributed by atoms with van der Waals surface area (Å²) in [4.78, 5) is 2.55. The summed E-state index contributed by atoms with van der Waals surface area (Å²) < 4.78 is 6.28. The summed E-state index contributed by atoms with van der Waals surface area (Å²) in [5, 5.41) is 0. The van der Waals surface area contributed by atoms with Crippen molar-refractivity contribution in [3.8, 4) is 0 Å². The van der Waals surface area contributed by atoms with E-state index < -0.39 is 0 Å². The van der Waals surface area contributed by atoms with Gasteiger partial charge in [-0.1, -0.05) is 78.9 Å². The smallest absolute Gasteiger partial charge is 0.0711 e. The molecule has 1 aliphatic carbocycles. The van der Waals surface area contributed by atoms with E-state index in [1.165, 1.54) is 27.8 Å². The average Bonchev–Trinajstić information content (AvgIpc) is 2.92. The van der Waals surface area contributed by atoms with Crippen LogP contribution in [0.2, 0.25) is 0 Å². The third-order valence-corrected chi connectivity index (χ3v) is 6.50. The van der Waals surface area contributed by atoms with Crippen molar-refractivity contribution in [2.75, 3.05) is 19.7 Å². The molecule has 2 heteroatoms. The standard InChI is InChI=1S/C27H29NO/c1-2-8-21(9-3-1)19-28-16-17-29-24(20-28)18-27-25-12-6-4-10-22(25)14-15-23-11-5-7-13-26(23)27/h1-13,24,27H,14-20H2. The Kier molecular flexibility index (Phi) is 5.47. The minimum atomic E-state index is 0.275. The Morgan fingerprint density at radius 3 is 2.07 bits per heavy atom. The number of hydrogen-bond acceptors (Lipinski definition) is 2. The Balaban J connectivity index is 1.38. The number of hydrogen-bond donors (Lipinski definition) is 0. The van der Waals surface area contributed by atoms with Crippen LogP contribution in [0.3, 0.4) is 0 Å². The van der Waals surface area contributed by atoms with Crippen molar-refractivity contribution < 1.29 is 4.74 Å². The Bertz CT molecular complexity index is 904. The number of aryl methyl sites for hydroxylation is 2. The van der Waals surface area contributed by atoms with Crippen LogP contribution in [0.5, 0.6) is 0 Å². The molecule has 1 atom stereocenters. The van der Waals surface area contributed by atoms with E-state index in [2.05, 4.69) is 83.8 Å². The molecule has 0 spiro atoms. The van der Waals surface area contributed by atoms with Crippen molar-refractivity contribution >= 4 is 0 Å². The molecule has 0 aromatic heterocycles. The van der Waals surface area contributed by atoms with Crippen molar-refractivity contribution in [2.45, 2.75) is 37.8 Å². The van der Waals surface area contributed by atoms with E-state index in [1.54, 1.807) is 0 Å². The van der Waals surface area contributed by atoms with E-state index in [0.29, 0.717) is 5.92 Å².